The van der Waals surface area contributed by atoms with Crippen LogP contribution in [-0.4, -0.2) is 23.0 Å². The smallest absolute Gasteiger partial charge is 0.158 e. The summed E-state index contributed by atoms with van der Waals surface area (Å²) in [6.07, 6.45) is 4.88. The van der Waals surface area contributed by atoms with E-state index in [1.54, 1.807) is 12.3 Å². The molecule has 3 rings (SSSR count). The van der Waals surface area contributed by atoms with Gasteiger partial charge in [-0.3, -0.25) is 4.98 Å². The van der Waals surface area contributed by atoms with Gasteiger partial charge in [-0.15, -0.1) is 0 Å². The third-order valence-electron chi connectivity index (χ3n) is 3.90. The van der Waals surface area contributed by atoms with Crippen LogP contribution in [0.25, 0.3) is 11.1 Å². The average molecular weight is 334 g/mol. The Bertz CT molecular complexity index is 639. The summed E-state index contributed by atoms with van der Waals surface area (Å²) in [5, 5.41) is 9.89. The van der Waals surface area contributed by atoms with Crippen LogP contribution in [0.1, 0.15) is 30.5 Å². The Morgan fingerprint density at radius 1 is 1.26 bits per heavy atom. The van der Waals surface area contributed by atoms with E-state index < -0.39 is 0 Å². The van der Waals surface area contributed by atoms with Crippen LogP contribution < -0.4 is 0 Å². The van der Waals surface area contributed by atoms with Crippen molar-refractivity contribution in [1.82, 2.24) is 4.98 Å². The number of aliphatic hydroxyl groups excluding tert-OH is 1. The van der Waals surface area contributed by atoms with E-state index >= 15 is 0 Å². The second kappa shape index (κ2) is 7.88. The highest BCUT2D eigenvalue weighted by Gasteiger charge is 2.14. The first-order chi connectivity index (χ1) is 11.3. The molecule has 2 aromatic rings. The summed E-state index contributed by atoms with van der Waals surface area (Å²) in [4.78, 5) is 4.43. The molecule has 4 nitrogen and oxygen atoms in total. The third kappa shape index (κ3) is 4.30. The number of pyridine rings is 1. The molecule has 0 saturated carbocycles. The lowest BCUT2D eigenvalue weighted by atomic mass is 10.0. The molecule has 1 aromatic heterocycles. The van der Waals surface area contributed by atoms with Gasteiger partial charge in [0.2, 0.25) is 0 Å². The Labute approximate surface area is 141 Å². The van der Waals surface area contributed by atoms with Crippen LogP contribution in [0.4, 0.5) is 0 Å². The molecule has 1 aliphatic heterocycles. The number of hydrogen-bond donors (Lipinski definition) is 1. The van der Waals surface area contributed by atoms with Crippen molar-refractivity contribution in [3.8, 4) is 11.1 Å². The first-order valence-electron chi connectivity index (χ1n) is 7.84. The van der Waals surface area contributed by atoms with Gasteiger partial charge in [-0.2, -0.15) is 0 Å². The summed E-state index contributed by atoms with van der Waals surface area (Å²) in [7, 11) is 0. The Morgan fingerprint density at radius 3 is 2.87 bits per heavy atom. The zero-order chi connectivity index (χ0) is 16.1. The molecule has 0 bridgehead atoms. The number of halogens is 1. The zero-order valence-electron chi connectivity index (χ0n) is 12.9. The van der Waals surface area contributed by atoms with Gasteiger partial charge in [0.25, 0.3) is 0 Å². The second-order valence-electron chi connectivity index (χ2n) is 5.62. The van der Waals surface area contributed by atoms with E-state index in [-0.39, 0.29) is 12.9 Å². The number of aromatic nitrogens is 1. The van der Waals surface area contributed by atoms with Gasteiger partial charge in [-0.1, -0.05) is 23.7 Å². The molecule has 0 radical (unpaired) electrons. The molecule has 1 aromatic carbocycles. The Hall–Kier alpha value is -1.46. The van der Waals surface area contributed by atoms with Crippen LogP contribution in [0.15, 0.2) is 36.5 Å². The summed E-state index contributed by atoms with van der Waals surface area (Å²) in [6.45, 7) is 1.21. The average Bonchev–Trinajstić information content (AvgIpc) is 2.62. The fourth-order valence-corrected chi connectivity index (χ4v) is 2.81. The van der Waals surface area contributed by atoms with E-state index in [0.717, 1.165) is 48.3 Å². The van der Waals surface area contributed by atoms with Crippen LogP contribution in [0.3, 0.4) is 0 Å². The van der Waals surface area contributed by atoms with Crippen molar-refractivity contribution in [2.75, 3.05) is 6.61 Å². The summed E-state index contributed by atoms with van der Waals surface area (Å²) < 4.78 is 11.3. The van der Waals surface area contributed by atoms with Crippen molar-refractivity contribution in [2.45, 2.75) is 38.8 Å². The largest absolute Gasteiger partial charge is 0.392 e. The number of ether oxygens (including phenoxy) is 2. The molecule has 0 spiro atoms. The molecule has 1 atom stereocenters. The van der Waals surface area contributed by atoms with Crippen molar-refractivity contribution in [3.05, 3.63) is 52.8 Å². The first kappa shape index (κ1) is 16.4. The van der Waals surface area contributed by atoms with E-state index in [2.05, 4.69) is 4.98 Å². The predicted octanol–water partition coefficient (Wildman–Crippen LogP) is 3.94. The molecule has 0 aliphatic carbocycles. The number of hydrogen-bond acceptors (Lipinski definition) is 4. The lowest BCUT2D eigenvalue weighted by Crippen LogP contribution is -2.22. The molecular weight excluding hydrogens is 314 g/mol. The van der Waals surface area contributed by atoms with Crippen molar-refractivity contribution in [3.63, 3.8) is 0 Å². The summed E-state index contributed by atoms with van der Waals surface area (Å²) in [5.74, 6) is 0. The maximum Gasteiger partial charge on any atom is 0.158 e. The first-order valence-corrected chi connectivity index (χ1v) is 8.22. The van der Waals surface area contributed by atoms with Crippen LogP contribution in [0.5, 0.6) is 0 Å². The molecule has 1 unspecified atom stereocenters. The Kier molecular flexibility index (Phi) is 5.62. The minimum Gasteiger partial charge on any atom is -0.392 e. The molecule has 1 saturated heterocycles. The van der Waals surface area contributed by atoms with Crippen molar-refractivity contribution in [1.29, 1.82) is 0 Å². The van der Waals surface area contributed by atoms with Crippen molar-refractivity contribution in [2.24, 2.45) is 0 Å². The SMILES string of the molecule is OCc1ccc(Cl)c(-c2ccc(COC3CCCCO3)nc2)c1. The summed E-state index contributed by atoms with van der Waals surface area (Å²) in [6, 6.07) is 9.38. The molecule has 23 heavy (non-hydrogen) atoms. The second-order valence-corrected chi connectivity index (χ2v) is 6.02. The van der Waals surface area contributed by atoms with E-state index in [9.17, 15) is 5.11 Å². The third-order valence-corrected chi connectivity index (χ3v) is 4.23. The van der Waals surface area contributed by atoms with E-state index in [4.69, 9.17) is 21.1 Å². The summed E-state index contributed by atoms with van der Waals surface area (Å²) >= 11 is 6.24. The highest BCUT2D eigenvalue weighted by Crippen LogP contribution is 2.28. The molecule has 0 amide bonds. The van der Waals surface area contributed by atoms with Crippen LogP contribution in [-0.2, 0) is 22.7 Å². The fourth-order valence-electron chi connectivity index (χ4n) is 2.58. The predicted molar refractivity (Wildman–Crippen MR) is 89.0 cm³/mol. The van der Waals surface area contributed by atoms with Crippen molar-refractivity contribution >= 4 is 11.6 Å². The lowest BCUT2D eigenvalue weighted by molar-refractivity contribution is -0.169. The monoisotopic (exact) mass is 333 g/mol. The number of aliphatic hydroxyl groups is 1. The van der Waals surface area contributed by atoms with Gasteiger partial charge in [0.15, 0.2) is 6.29 Å². The van der Waals surface area contributed by atoms with Crippen LogP contribution in [0.2, 0.25) is 5.02 Å². The normalized spacial score (nSPS) is 18.1. The van der Waals surface area contributed by atoms with Gasteiger partial charge in [-0.25, -0.2) is 0 Å². The summed E-state index contributed by atoms with van der Waals surface area (Å²) in [5.41, 5.74) is 3.47. The minimum absolute atomic E-state index is 0.00902. The standard InChI is InChI=1S/C18H20ClNO3/c19-17-7-4-13(11-21)9-16(17)14-5-6-15(20-10-14)12-23-18-3-1-2-8-22-18/h4-7,9-10,18,21H,1-3,8,11-12H2. The van der Waals surface area contributed by atoms with Crippen molar-refractivity contribution < 1.29 is 14.6 Å². The van der Waals surface area contributed by atoms with Gasteiger partial charge >= 0.3 is 0 Å². The molecule has 2 heterocycles. The van der Waals surface area contributed by atoms with Gasteiger partial charge in [0.05, 0.1) is 18.9 Å². The quantitative estimate of drug-likeness (QED) is 0.900. The molecular formula is C18H20ClNO3. The number of nitrogens with zero attached hydrogens (tertiary/aromatic N) is 1. The Morgan fingerprint density at radius 2 is 2.17 bits per heavy atom. The van der Waals surface area contributed by atoms with Gasteiger partial charge in [-0.05, 0) is 43.0 Å². The molecule has 1 fully saturated rings. The molecule has 1 N–H and O–H groups in total. The maximum atomic E-state index is 9.25. The zero-order valence-corrected chi connectivity index (χ0v) is 13.6. The van der Waals surface area contributed by atoms with E-state index in [1.165, 1.54) is 0 Å². The van der Waals surface area contributed by atoms with E-state index in [1.807, 2.05) is 24.3 Å². The van der Waals surface area contributed by atoms with Crippen LogP contribution in [0, 0.1) is 0 Å². The van der Waals surface area contributed by atoms with Crippen LogP contribution >= 0.6 is 11.6 Å². The minimum atomic E-state index is -0.110. The lowest BCUT2D eigenvalue weighted by Gasteiger charge is -2.22. The molecule has 122 valence electrons. The van der Waals surface area contributed by atoms with Gasteiger partial charge in [0.1, 0.15) is 0 Å². The topological polar surface area (TPSA) is 51.6 Å². The number of benzene rings is 1. The van der Waals surface area contributed by atoms with E-state index in [0.29, 0.717) is 11.6 Å². The molecule has 1 aliphatic rings. The van der Waals surface area contributed by atoms with Gasteiger partial charge < -0.3 is 14.6 Å². The highest BCUT2D eigenvalue weighted by molar-refractivity contribution is 6.33. The fraction of sp³-hybridized carbons (Fsp3) is 0.389. The molecule has 5 heteroatoms. The highest BCUT2D eigenvalue weighted by atomic mass is 35.5. The maximum absolute atomic E-state index is 9.25. The number of rotatable bonds is 5. The Balaban J connectivity index is 1.67. The van der Waals surface area contributed by atoms with Gasteiger partial charge in [0, 0.05) is 29.0 Å².